The fourth-order valence-electron chi connectivity index (χ4n) is 7.56. The van der Waals surface area contributed by atoms with E-state index < -0.39 is 0 Å². The molecule has 8 nitrogen and oxygen atoms in total. The van der Waals surface area contributed by atoms with E-state index in [2.05, 4.69) is 55.3 Å². The summed E-state index contributed by atoms with van der Waals surface area (Å²) >= 11 is 0. The summed E-state index contributed by atoms with van der Waals surface area (Å²) in [5.74, 6) is 2.17. The van der Waals surface area contributed by atoms with E-state index in [1.165, 1.54) is 83.1 Å². The average Bonchev–Trinajstić information content (AvgIpc) is 3.76. The maximum Gasteiger partial charge on any atom is 0.254 e. The van der Waals surface area contributed by atoms with Crippen LogP contribution in [0.1, 0.15) is 92.8 Å². The van der Waals surface area contributed by atoms with Gasteiger partial charge >= 0.3 is 0 Å². The molecule has 1 saturated carbocycles. The average molecular weight is 572 g/mol. The second kappa shape index (κ2) is 13.1. The molecule has 0 unspecified atom stereocenters. The van der Waals surface area contributed by atoms with Gasteiger partial charge in [-0.3, -0.25) is 9.69 Å². The normalized spacial score (nSPS) is 20.1. The van der Waals surface area contributed by atoms with Crippen LogP contribution in [0.25, 0.3) is 0 Å². The number of H-pyrrole nitrogens is 1. The Kier molecular flexibility index (Phi) is 9.10. The van der Waals surface area contributed by atoms with Crippen LogP contribution in [0.15, 0.2) is 49.1 Å². The summed E-state index contributed by atoms with van der Waals surface area (Å²) in [6.45, 7) is 12.1. The fraction of sp³-hybridized carbons (Fsp3) is 0.618. The molecule has 2 aromatic heterocycles. The van der Waals surface area contributed by atoms with E-state index in [4.69, 9.17) is 0 Å². The first-order chi connectivity index (χ1) is 20.5. The summed E-state index contributed by atoms with van der Waals surface area (Å²) in [6.07, 6.45) is 18.5. The Hall–Kier alpha value is -2.97. The maximum absolute atomic E-state index is 13.8. The van der Waals surface area contributed by atoms with Gasteiger partial charge in [-0.1, -0.05) is 45.2 Å². The number of hydrogen-bond donors (Lipinski definition) is 1. The predicted molar refractivity (Wildman–Crippen MR) is 166 cm³/mol. The van der Waals surface area contributed by atoms with E-state index in [0.29, 0.717) is 30.0 Å². The number of nitrogens with zero attached hydrogens (tertiary/aromatic N) is 6. The Morgan fingerprint density at radius 3 is 2.48 bits per heavy atom. The van der Waals surface area contributed by atoms with Gasteiger partial charge in [-0.05, 0) is 80.8 Å². The highest BCUT2D eigenvalue weighted by atomic mass is 16.2. The molecule has 1 spiro atoms. The van der Waals surface area contributed by atoms with Gasteiger partial charge in [0.25, 0.3) is 5.91 Å². The summed E-state index contributed by atoms with van der Waals surface area (Å²) in [4.78, 5) is 33.2. The number of hydrogen-bond acceptors (Lipinski definition) is 5. The van der Waals surface area contributed by atoms with Crippen LogP contribution in [0.5, 0.6) is 0 Å². The summed E-state index contributed by atoms with van der Waals surface area (Å²) in [7, 11) is 0. The number of nitrogens with one attached hydrogen (secondary N) is 1. The highest BCUT2D eigenvalue weighted by Gasteiger charge is 2.41. The molecule has 1 N–H and O–H groups in total. The molecule has 2 aliphatic heterocycles. The molecule has 3 fully saturated rings. The number of aromatic nitrogens is 4. The first-order valence-electron chi connectivity index (χ1n) is 16.3. The smallest absolute Gasteiger partial charge is 0.254 e. The van der Waals surface area contributed by atoms with Gasteiger partial charge in [0.05, 0.1) is 13.1 Å². The topological polar surface area (TPSA) is 73.3 Å². The lowest BCUT2D eigenvalue weighted by Gasteiger charge is -2.43. The number of carbonyl (C=O) groups is 1. The van der Waals surface area contributed by atoms with E-state index >= 15 is 0 Å². The minimum atomic E-state index is 0.00176. The minimum absolute atomic E-state index is 0.00176. The Bertz CT molecular complexity index is 1270. The van der Waals surface area contributed by atoms with Crippen molar-refractivity contribution in [2.75, 3.05) is 26.2 Å². The van der Waals surface area contributed by atoms with Gasteiger partial charge in [0.1, 0.15) is 11.6 Å². The summed E-state index contributed by atoms with van der Waals surface area (Å²) < 4.78 is 2.15. The molecule has 0 atom stereocenters. The zero-order valence-corrected chi connectivity index (χ0v) is 25.7. The highest BCUT2D eigenvalue weighted by molar-refractivity contribution is 5.94. The predicted octanol–water partition coefficient (Wildman–Crippen LogP) is 5.73. The van der Waals surface area contributed by atoms with Crippen LogP contribution in [0.3, 0.4) is 0 Å². The number of likely N-dealkylation sites (tertiary alicyclic amines) is 2. The third-order valence-corrected chi connectivity index (χ3v) is 9.95. The number of amides is 1. The first kappa shape index (κ1) is 29.1. The molecule has 3 aliphatic rings. The second-order valence-electron chi connectivity index (χ2n) is 13.6. The monoisotopic (exact) mass is 571 g/mol. The number of rotatable bonds is 10. The largest absolute Gasteiger partial charge is 0.347 e. The summed E-state index contributed by atoms with van der Waals surface area (Å²) in [5.41, 5.74) is 2.50. The molecule has 1 aliphatic carbocycles. The van der Waals surface area contributed by atoms with E-state index in [1.807, 2.05) is 29.4 Å². The Balaban J connectivity index is 1.06. The Labute approximate surface area is 251 Å². The van der Waals surface area contributed by atoms with Crippen LogP contribution >= 0.6 is 0 Å². The van der Waals surface area contributed by atoms with E-state index in [9.17, 15) is 4.79 Å². The quantitative estimate of drug-likeness (QED) is 0.337. The molecule has 8 heteroatoms. The molecule has 42 heavy (non-hydrogen) atoms. The van der Waals surface area contributed by atoms with Crippen LogP contribution in [-0.4, -0.2) is 72.3 Å². The van der Waals surface area contributed by atoms with E-state index in [0.717, 1.165) is 30.8 Å². The van der Waals surface area contributed by atoms with Crippen LogP contribution in [-0.2, 0) is 26.2 Å². The van der Waals surface area contributed by atoms with Crippen LogP contribution in [0.2, 0.25) is 0 Å². The van der Waals surface area contributed by atoms with Crippen LogP contribution < -0.4 is 0 Å². The Morgan fingerprint density at radius 2 is 1.76 bits per heavy atom. The molecule has 2 saturated heterocycles. The van der Waals surface area contributed by atoms with Crippen molar-refractivity contribution in [3.05, 3.63) is 71.8 Å². The standard InChI is InChI=1S/C34H49N7O/c1-27(2)22-40-21-17-37-32(40)25-41(24-31-35-15-16-36-31)33(42)29-10-8-28(9-11-29)23-38-18-12-34(26-38)13-19-39(20-14-34)30-6-4-3-5-7-30/h8-11,15-17,21,27,30H,3-7,12-14,18-20,22-26H2,1-2H3,(H,35,36). The Morgan fingerprint density at radius 1 is 1.00 bits per heavy atom. The highest BCUT2D eigenvalue weighted by Crippen LogP contribution is 2.42. The first-order valence-corrected chi connectivity index (χ1v) is 16.3. The number of carbonyl (C=O) groups excluding carboxylic acids is 1. The third kappa shape index (κ3) is 6.97. The van der Waals surface area contributed by atoms with Crippen molar-refractivity contribution in [2.45, 2.75) is 97.4 Å². The van der Waals surface area contributed by atoms with Crippen molar-refractivity contribution in [2.24, 2.45) is 11.3 Å². The number of piperidine rings is 1. The van der Waals surface area contributed by atoms with Crippen LogP contribution in [0.4, 0.5) is 0 Å². The number of aromatic amines is 1. The molecule has 226 valence electrons. The molecule has 1 amide bonds. The van der Waals surface area contributed by atoms with Crippen molar-refractivity contribution >= 4 is 5.91 Å². The molecule has 1 aromatic carbocycles. The van der Waals surface area contributed by atoms with Gasteiger partial charge < -0.3 is 19.4 Å². The minimum Gasteiger partial charge on any atom is -0.347 e. The fourth-order valence-corrected chi connectivity index (χ4v) is 7.56. The molecular formula is C34H49N7O. The molecule has 3 aromatic rings. The second-order valence-corrected chi connectivity index (χ2v) is 13.6. The zero-order chi connectivity index (χ0) is 28.9. The lowest BCUT2D eigenvalue weighted by molar-refractivity contribution is 0.0615. The molecule has 0 radical (unpaired) electrons. The lowest BCUT2D eigenvalue weighted by Crippen LogP contribution is -2.46. The van der Waals surface area contributed by atoms with E-state index in [-0.39, 0.29) is 5.91 Å². The van der Waals surface area contributed by atoms with Crippen molar-refractivity contribution in [1.29, 1.82) is 0 Å². The number of benzene rings is 1. The summed E-state index contributed by atoms with van der Waals surface area (Å²) in [6, 6.07) is 9.15. The van der Waals surface area contributed by atoms with Gasteiger partial charge in [-0.15, -0.1) is 0 Å². The third-order valence-electron chi connectivity index (χ3n) is 9.95. The van der Waals surface area contributed by atoms with E-state index in [1.54, 1.807) is 12.4 Å². The van der Waals surface area contributed by atoms with Crippen molar-refractivity contribution in [3.63, 3.8) is 0 Å². The van der Waals surface area contributed by atoms with Gasteiger partial charge in [0, 0.05) is 56.0 Å². The van der Waals surface area contributed by atoms with Crippen LogP contribution in [0, 0.1) is 11.3 Å². The van der Waals surface area contributed by atoms with Gasteiger partial charge in [0.15, 0.2) is 0 Å². The molecule has 6 rings (SSSR count). The van der Waals surface area contributed by atoms with Crippen molar-refractivity contribution in [1.82, 2.24) is 34.2 Å². The SMILES string of the molecule is CC(C)Cn1ccnc1CN(Cc1ncc[nH]1)C(=O)c1ccc(CN2CCC3(CCN(C4CCCCC4)CC3)C2)cc1. The van der Waals surface area contributed by atoms with Gasteiger partial charge in [-0.25, -0.2) is 9.97 Å². The summed E-state index contributed by atoms with van der Waals surface area (Å²) in [5, 5.41) is 0. The zero-order valence-electron chi connectivity index (χ0n) is 25.7. The van der Waals surface area contributed by atoms with Crippen molar-refractivity contribution in [3.8, 4) is 0 Å². The molecule has 4 heterocycles. The lowest BCUT2D eigenvalue weighted by atomic mass is 9.77. The van der Waals surface area contributed by atoms with Gasteiger partial charge in [-0.2, -0.15) is 0 Å². The maximum atomic E-state index is 13.8. The molecular weight excluding hydrogens is 522 g/mol. The van der Waals surface area contributed by atoms with Gasteiger partial charge in [0.2, 0.25) is 0 Å². The molecule has 0 bridgehead atoms. The number of imidazole rings is 2. The van der Waals surface area contributed by atoms with Crippen molar-refractivity contribution < 1.29 is 4.79 Å².